The second-order valence-corrected chi connectivity index (χ2v) is 13.3. The van der Waals surface area contributed by atoms with Crippen molar-refractivity contribution in [2.24, 2.45) is 0 Å². The number of hydrogen-bond acceptors (Lipinski definition) is 2. The molecule has 0 saturated heterocycles. The molecule has 10 aromatic rings. The van der Waals surface area contributed by atoms with Crippen molar-refractivity contribution in [3.63, 3.8) is 0 Å². The van der Waals surface area contributed by atoms with Crippen molar-refractivity contribution in [1.29, 1.82) is 0 Å². The molecule has 244 valence electrons. The van der Waals surface area contributed by atoms with Crippen molar-refractivity contribution < 1.29 is 4.42 Å². The summed E-state index contributed by atoms with van der Waals surface area (Å²) in [7, 11) is 0. The first-order chi connectivity index (χ1) is 25.8. The maximum absolute atomic E-state index is 6.57. The molecule has 0 aliphatic carbocycles. The van der Waals surface area contributed by atoms with Gasteiger partial charge in [-0.25, -0.2) is 0 Å². The fourth-order valence-corrected chi connectivity index (χ4v) is 7.74. The lowest BCUT2D eigenvalue weighted by atomic mass is 9.97. The van der Waals surface area contributed by atoms with E-state index in [0.717, 1.165) is 55.5 Å². The average molecular weight is 664 g/mol. The Balaban J connectivity index is 1.14. The predicted molar refractivity (Wildman–Crippen MR) is 220 cm³/mol. The molecule has 2 heteroatoms. The van der Waals surface area contributed by atoms with Gasteiger partial charge in [0, 0.05) is 33.1 Å². The summed E-state index contributed by atoms with van der Waals surface area (Å²) >= 11 is 0. The van der Waals surface area contributed by atoms with Gasteiger partial charge in [0.15, 0.2) is 0 Å². The minimum atomic E-state index is 0.893. The van der Waals surface area contributed by atoms with Gasteiger partial charge >= 0.3 is 0 Å². The van der Waals surface area contributed by atoms with E-state index in [1.54, 1.807) is 0 Å². The molecular formula is C50H33NO. The quantitative estimate of drug-likeness (QED) is 0.176. The van der Waals surface area contributed by atoms with Gasteiger partial charge in [0.1, 0.15) is 11.2 Å². The molecule has 1 heterocycles. The summed E-state index contributed by atoms with van der Waals surface area (Å²) in [5.41, 5.74) is 12.1. The summed E-state index contributed by atoms with van der Waals surface area (Å²) in [5.74, 6) is 0. The van der Waals surface area contributed by atoms with Gasteiger partial charge in [0.25, 0.3) is 0 Å². The van der Waals surface area contributed by atoms with Gasteiger partial charge in [0.05, 0.1) is 5.69 Å². The van der Waals surface area contributed by atoms with Crippen LogP contribution in [0.4, 0.5) is 17.1 Å². The van der Waals surface area contributed by atoms with Crippen LogP contribution in [0.2, 0.25) is 0 Å². The van der Waals surface area contributed by atoms with Crippen molar-refractivity contribution in [3.05, 3.63) is 200 Å². The van der Waals surface area contributed by atoms with Crippen LogP contribution in [-0.4, -0.2) is 0 Å². The molecule has 0 fully saturated rings. The molecular weight excluding hydrogens is 631 g/mol. The summed E-state index contributed by atoms with van der Waals surface area (Å²) in [6.45, 7) is 0. The topological polar surface area (TPSA) is 16.4 Å². The predicted octanol–water partition coefficient (Wildman–Crippen LogP) is 14.4. The van der Waals surface area contributed by atoms with E-state index in [0.29, 0.717) is 0 Å². The first-order valence-electron chi connectivity index (χ1n) is 17.8. The molecule has 0 atom stereocenters. The Kier molecular flexibility index (Phi) is 7.18. The number of nitrogens with zero attached hydrogens (tertiary/aromatic N) is 1. The Bertz CT molecular complexity index is 2900. The van der Waals surface area contributed by atoms with E-state index in [9.17, 15) is 0 Å². The van der Waals surface area contributed by atoms with Gasteiger partial charge in [0.2, 0.25) is 0 Å². The number of anilines is 3. The Morgan fingerprint density at radius 2 is 1.02 bits per heavy atom. The number of rotatable bonds is 6. The van der Waals surface area contributed by atoms with Crippen LogP contribution in [0.1, 0.15) is 0 Å². The largest absolute Gasteiger partial charge is 0.455 e. The van der Waals surface area contributed by atoms with Gasteiger partial charge in [-0.15, -0.1) is 0 Å². The molecule has 0 aliphatic rings. The zero-order chi connectivity index (χ0) is 34.4. The minimum absolute atomic E-state index is 0.893. The Morgan fingerprint density at radius 3 is 1.90 bits per heavy atom. The highest BCUT2D eigenvalue weighted by Crippen LogP contribution is 2.44. The van der Waals surface area contributed by atoms with Gasteiger partial charge in [-0.05, 0) is 92.5 Å². The first-order valence-corrected chi connectivity index (χ1v) is 17.8. The lowest BCUT2D eigenvalue weighted by Crippen LogP contribution is -2.11. The first kappa shape index (κ1) is 30.0. The standard InChI is InChI=1S/C50H33NO/c1-2-13-36(14-3-1)43-19-8-9-22-47(43)51(41-29-26-35(27-30-41)39-25-24-34-12-4-5-16-38(34)32-39)42-18-10-17-40(33-42)44-21-11-23-48-49(44)46-31-28-37-15-6-7-20-45(37)50(46)52-48/h1-33H. The van der Waals surface area contributed by atoms with E-state index in [-0.39, 0.29) is 0 Å². The summed E-state index contributed by atoms with van der Waals surface area (Å²) in [6, 6.07) is 71.7. The highest BCUT2D eigenvalue weighted by molar-refractivity contribution is 6.19. The monoisotopic (exact) mass is 663 g/mol. The summed E-state index contributed by atoms with van der Waals surface area (Å²) in [5, 5.41) is 7.07. The Hall–Kier alpha value is -6.90. The van der Waals surface area contributed by atoms with E-state index < -0.39 is 0 Å². The van der Waals surface area contributed by atoms with Gasteiger partial charge in [-0.1, -0.05) is 152 Å². The molecule has 52 heavy (non-hydrogen) atoms. The van der Waals surface area contributed by atoms with Crippen LogP contribution in [0.3, 0.4) is 0 Å². The molecule has 0 unspecified atom stereocenters. The molecule has 0 N–H and O–H groups in total. The van der Waals surface area contributed by atoms with Crippen LogP contribution >= 0.6 is 0 Å². The fraction of sp³-hybridized carbons (Fsp3) is 0. The van der Waals surface area contributed by atoms with Crippen molar-refractivity contribution in [1.82, 2.24) is 0 Å². The van der Waals surface area contributed by atoms with Gasteiger partial charge in [-0.3, -0.25) is 0 Å². The maximum atomic E-state index is 6.57. The number of furan rings is 1. The van der Waals surface area contributed by atoms with E-state index in [1.807, 2.05) is 0 Å². The molecule has 2 nitrogen and oxygen atoms in total. The smallest absolute Gasteiger partial charge is 0.143 e. The highest BCUT2D eigenvalue weighted by Gasteiger charge is 2.20. The van der Waals surface area contributed by atoms with Crippen molar-refractivity contribution in [2.75, 3.05) is 4.90 Å². The lowest BCUT2D eigenvalue weighted by molar-refractivity contribution is 0.673. The second-order valence-electron chi connectivity index (χ2n) is 13.3. The summed E-state index contributed by atoms with van der Waals surface area (Å²) in [4.78, 5) is 2.39. The van der Waals surface area contributed by atoms with Crippen LogP contribution in [0.15, 0.2) is 205 Å². The van der Waals surface area contributed by atoms with Gasteiger partial charge < -0.3 is 9.32 Å². The molecule has 0 aliphatic heterocycles. The number of hydrogen-bond donors (Lipinski definition) is 0. The molecule has 10 rings (SSSR count). The second kappa shape index (κ2) is 12.5. The number of para-hydroxylation sites is 1. The zero-order valence-corrected chi connectivity index (χ0v) is 28.4. The third-order valence-corrected chi connectivity index (χ3v) is 10.2. The van der Waals surface area contributed by atoms with E-state index >= 15 is 0 Å². The molecule has 0 bridgehead atoms. The summed E-state index contributed by atoms with van der Waals surface area (Å²) < 4.78 is 6.57. The van der Waals surface area contributed by atoms with Crippen LogP contribution in [0.5, 0.6) is 0 Å². The molecule has 1 aromatic heterocycles. The third-order valence-electron chi connectivity index (χ3n) is 10.2. The summed E-state index contributed by atoms with van der Waals surface area (Å²) in [6.07, 6.45) is 0. The fourth-order valence-electron chi connectivity index (χ4n) is 7.74. The van der Waals surface area contributed by atoms with Crippen molar-refractivity contribution in [3.8, 4) is 33.4 Å². The number of fused-ring (bicyclic) bond motifs is 6. The molecule has 0 spiro atoms. The van der Waals surface area contributed by atoms with Crippen LogP contribution in [0.25, 0.3) is 76.9 Å². The molecule has 0 radical (unpaired) electrons. The van der Waals surface area contributed by atoms with E-state index in [4.69, 9.17) is 4.42 Å². The number of benzene rings is 9. The van der Waals surface area contributed by atoms with E-state index in [1.165, 1.54) is 38.4 Å². The average Bonchev–Trinajstić information content (AvgIpc) is 3.61. The highest BCUT2D eigenvalue weighted by atomic mass is 16.3. The zero-order valence-electron chi connectivity index (χ0n) is 28.4. The van der Waals surface area contributed by atoms with Crippen molar-refractivity contribution in [2.45, 2.75) is 0 Å². The molecule has 9 aromatic carbocycles. The molecule has 0 amide bonds. The van der Waals surface area contributed by atoms with Gasteiger partial charge in [-0.2, -0.15) is 0 Å². The van der Waals surface area contributed by atoms with E-state index in [2.05, 4.69) is 205 Å². The molecule has 0 saturated carbocycles. The maximum Gasteiger partial charge on any atom is 0.143 e. The van der Waals surface area contributed by atoms with Crippen LogP contribution < -0.4 is 4.90 Å². The minimum Gasteiger partial charge on any atom is -0.455 e. The lowest BCUT2D eigenvalue weighted by Gasteiger charge is -2.28. The van der Waals surface area contributed by atoms with Crippen LogP contribution in [-0.2, 0) is 0 Å². The Morgan fingerprint density at radius 1 is 0.346 bits per heavy atom. The third kappa shape index (κ3) is 5.12. The van der Waals surface area contributed by atoms with Crippen molar-refractivity contribution >= 4 is 60.5 Å². The normalized spacial score (nSPS) is 11.5. The Labute approximate surface area is 302 Å². The van der Waals surface area contributed by atoms with Crippen LogP contribution in [0, 0.1) is 0 Å². The SMILES string of the molecule is c1ccc(-c2ccccc2N(c2ccc(-c3ccc4ccccc4c3)cc2)c2cccc(-c3cccc4oc5c6ccccc6ccc5c34)c2)cc1.